The molecule has 5 heteroatoms. The molecule has 1 fully saturated rings. The first-order chi connectivity index (χ1) is 13.8. The van der Waals surface area contributed by atoms with E-state index in [2.05, 4.69) is 34.5 Å². The number of anilines is 1. The Kier molecular flexibility index (Phi) is 6.70. The molecule has 1 heterocycles. The minimum atomic E-state index is -0.479. The van der Waals surface area contributed by atoms with Crippen molar-refractivity contribution in [3.05, 3.63) is 65.7 Å². The minimum Gasteiger partial charge on any atom is -0.337 e. The zero-order chi connectivity index (χ0) is 20.9. The molecule has 1 aliphatic rings. The van der Waals surface area contributed by atoms with Gasteiger partial charge in [0, 0.05) is 49.4 Å². The fourth-order valence-electron chi connectivity index (χ4n) is 3.40. The molecule has 0 unspecified atom stereocenters. The average Bonchev–Trinajstić information content (AvgIpc) is 2.93. The van der Waals surface area contributed by atoms with Crippen molar-refractivity contribution in [3.63, 3.8) is 0 Å². The van der Waals surface area contributed by atoms with E-state index in [0.29, 0.717) is 17.8 Å². The Labute approximate surface area is 173 Å². The first-order valence-electron chi connectivity index (χ1n) is 10.3. The van der Waals surface area contributed by atoms with Crippen molar-refractivity contribution in [1.29, 1.82) is 0 Å². The van der Waals surface area contributed by atoms with Gasteiger partial charge in [0.2, 0.25) is 5.91 Å². The molecule has 0 aliphatic carbocycles. The molecule has 0 aromatic heterocycles. The van der Waals surface area contributed by atoms with Crippen LogP contribution in [0.25, 0.3) is 0 Å². The summed E-state index contributed by atoms with van der Waals surface area (Å²) in [5.74, 6) is -0.0353. The Balaban J connectivity index is 1.62. The second-order valence-electron chi connectivity index (χ2n) is 8.69. The third-order valence-corrected chi connectivity index (χ3v) is 5.17. The Morgan fingerprint density at radius 3 is 2.41 bits per heavy atom. The van der Waals surface area contributed by atoms with Crippen molar-refractivity contribution in [2.24, 2.45) is 5.41 Å². The van der Waals surface area contributed by atoms with Gasteiger partial charge in [-0.25, -0.2) is 0 Å². The third kappa shape index (κ3) is 5.91. The zero-order valence-corrected chi connectivity index (χ0v) is 17.6. The lowest BCUT2D eigenvalue weighted by Crippen LogP contribution is -2.35. The average molecular weight is 394 g/mol. The number of hydrogen-bond donors (Lipinski definition) is 1. The quantitative estimate of drug-likeness (QED) is 0.854. The van der Waals surface area contributed by atoms with Gasteiger partial charge in [-0.3, -0.25) is 14.5 Å². The highest BCUT2D eigenvalue weighted by molar-refractivity contribution is 5.98. The van der Waals surface area contributed by atoms with Gasteiger partial charge >= 0.3 is 0 Å². The summed E-state index contributed by atoms with van der Waals surface area (Å²) in [6.07, 6.45) is 0.957. The molecule has 1 N–H and O–H groups in total. The van der Waals surface area contributed by atoms with Gasteiger partial charge in [0.25, 0.3) is 5.91 Å². The van der Waals surface area contributed by atoms with Gasteiger partial charge in [0.1, 0.15) is 0 Å². The summed E-state index contributed by atoms with van der Waals surface area (Å²) in [6, 6.07) is 17.7. The van der Waals surface area contributed by atoms with Crippen molar-refractivity contribution < 1.29 is 9.59 Å². The Morgan fingerprint density at radius 1 is 0.931 bits per heavy atom. The highest BCUT2D eigenvalue weighted by atomic mass is 16.2. The summed E-state index contributed by atoms with van der Waals surface area (Å²) in [6.45, 7) is 9.84. The van der Waals surface area contributed by atoms with Crippen LogP contribution in [0.4, 0.5) is 5.69 Å². The summed E-state index contributed by atoms with van der Waals surface area (Å²) < 4.78 is 0. The number of nitrogens with zero attached hydrogens (tertiary/aromatic N) is 2. The fourth-order valence-corrected chi connectivity index (χ4v) is 3.40. The molecular weight excluding hydrogens is 362 g/mol. The molecule has 0 bridgehead atoms. The SMILES string of the molecule is CC(C)(C)C(=O)Nc1cccc(C(=O)N2CCCN(Cc3ccccc3)CC2)c1. The maximum Gasteiger partial charge on any atom is 0.253 e. The van der Waals surface area contributed by atoms with Crippen molar-refractivity contribution in [2.75, 3.05) is 31.5 Å². The van der Waals surface area contributed by atoms with Gasteiger partial charge in [-0.15, -0.1) is 0 Å². The number of hydrogen-bond acceptors (Lipinski definition) is 3. The zero-order valence-electron chi connectivity index (χ0n) is 17.6. The van der Waals surface area contributed by atoms with Gasteiger partial charge in [-0.2, -0.15) is 0 Å². The van der Waals surface area contributed by atoms with Crippen LogP contribution in [0.15, 0.2) is 54.6 Å². The normalized spacial score (nSPS) is 15.6. The molecule has 0 atom stereocenters. The molecule has 5 nitrogen and oxygen atoms in total. The number of nitrogens with one attached hydrogen (secondary N) is 1. The van der Waals surface area contributed by atoms with Crippen molar-refractivity contribution in [3.8, 4) is 0 Å². The van der Waals surface area contributed by atoms with Gasteiger partial charge in [-0.1, -0.05) is 57.2 Å². The van der Waals surface area contributed by atoms with Crippen LogP contribution in [0.5, 0.6) is 0 Å². The largest absolute Gasteiger partial charge is 0.337 e. The molecule has 1 aliphatic heterocycles. The molecule has 2 amide bonds. The van der Waals surface area contributed by atoms with Crippen LogP contribution in [0.3, 0.4) is 0 Å². The molecule has 0 saturated carbocycles. The topological polar surface area (TPSA) is 52.7 Å². The monoisotopic (exact) mass is 393 g/mol. The first-order valence-corrected chi connectivity index (χ1v) is 10.3. The van der Waals surface area contributed by atoms with Crippen LogP contribution < -0.4 is 5.32 Å². The van der Waals surface area contributed by atoms with Gasteiger partial charge in [0.05, 0.1) is 0 Å². The van der Waals surface area contributed by atoms with Crippen LogP contribution in [-0.4, -0.2) is 47.8 Å². The van der Waals surface area contributed by atoms with Crippen molar-refractivity contribution in [1.82, 2.24) is 9.80 Å². The van der Waals surface area contributed by atoms with E-state index in [1.165, 1.54) is 5.56 Å². The lowest BCUT2D eigenvalue weighted by Gasteiger charge is -2.22. The Morgan fingerprint density at radius 2 is 1.69 bits per heavy atom. The minimum absolute atomic E-state index is 0.0263. The highest BCUT2D eigenvalue weighted by Gasteiger charge is 2.23. The van der Waals surface area contributed by atoms with Crippen molar-refractivity contribution >= 4 is 17.5 Å². The van der Waals surface area contributed by atoms with E-state index in [-0.39, 0.29) is 11.8 Å². The molecule has 1 saturated heterocycles. The summed E-state index contributed by atoms with van der Waals surface area (Å²) in [5, 5.41) is 2.91. The maximum atomic E-state index is 13.0. The van der Waals surface area contributed by atoms with E-state index in [9.17, 15) is 9.59 Å². The smallest absolute Gasteiger partial charge is 0.253 e. The summed E-state index contributed by atoms with van der Waals surface area (Å²) in [7, 11) is 0. The molecule has 2 aromatic rings. The summed E-state index contributed by atoms with van der Waals surface area (Å²) in [4.78, 5) is 29.6. The lowest BCUT2D eigenvalue weighted by atomic mass is 9.95. The number of carbonyl (C=O) groups excluding carboxylic acids is 2. The van der Waals surface area contributed by atoms with Gasteiger partial charge < -0.3 is 10.2 Å². The van der Waals surface area contributed by atoms with E-state index in [1.54, 1.807) is 6.07 Å². The predicted octanol–water partition coefficient (Wildman–Crippen LogP) is 4.02. The van der Waals surface area contributed by atoms with Crippen LogP contribution in [-0.2, 0) is 11.3 Å². The molecule has 0 spiro atoms. The Bertz CT molecular complexity index is 843. The number of benzene rings is 2. The first kappa shape index (κ1) is 21.1. The number of carbonyl (C=O) groups is 2. The van der Waals surface area contributed by atoms with E-state index < -0.39 is 5.41 Å². The standard InChI is InChI=1S/C24H31N3O2/c1-24(2,3)23(29)25-21-12-7-11-20(17-21)22(28)27-14-8-13-26(15-16-27)18-19-9-5-4-6-10-19/h4-7,9-12,17H,8,13-16,18H2,1-3H3,(H,25,29). The van der Waals surface area contributed by atoms with Gasteiger partial charge in [-0.05, 0) is 30.2 Å². The van der Waals surface area contributed by atoms with E-state index in [1.807, 2.05) is 49.9 Å². The molecule has 2 aromatic carbocycles. The molecule has 154 valence electrons. The summed E-state index contributed by atoms with van der Waals surface area (Å²) in [5.41, 5.74) is 2.10. The van der Waals surface area contributed by atoms with Crippen LogP contribution in [0, 0.1) is 5.41 Å². The van der Waals surface area contributed by atoms with E-state index in [0.717, 1.165) is 32.6 Å². The molecular formula is C24H31N3O2. The van der Waals surface area contributed by atoms with E-state index in [4.69, 9.17) is 0 Å². The maximum absolute atomic E-state index is 13.0. The number of amides is 2. The van der Waals surface area contributed by atoms with E-state index >= 15 is 0 Å². The second-order valence-corrected chi connectivity index (χ2v) is 8.69. The van der Waals surface area contributed by atoms with Crippen LogP contribution >= 0.6 is 0 Å². The van der Waals surface area contributed by atoms with Crippen LogP contribution in [0.1, 0.15) is 43.1 Å². The highest BCUT2D eigenvalue weighted by Crippen LogP contribution is 2.19. The van der Waals surface area contributed by atoms with Gasteiger partial charge in [0.15, 0.2) is 0 Å². The Hall–Kier alpha value is -2.66. The molecule has 29 heavy (non-hydrogen) atoms. The lowest BCUT2D eigenvalue weighted by molar-refractivity contribution is -0.123. The fraction of sp³-hybridized carbons (Fsp3) is 0.417. The molecule has 0 radical (unpaired) electrons. The number of rotatable bonds is 4. The molecule has 3 rings (SSSR count). The van der Waals surface area contributed by atoms with Crippen LogP contribution in [0.2, 0.25) is 0 Å². The second kappa shape index (κ2) is 9.23. The predicted molar refractivity (Wildman–Crippen MR) is 117 cm³/mol. The summed E-state index contributed by atoms with van der Waals surface area (Å²) >= 11 is 0. The third-order valence-electron chi connectivity index (χ3n) is 5.17. The van der Waals surface area contributed by atoms with Crippen molar-refractivity contribution in [2.45, 2.75) is 33.7 Å².